The third kappa shape index (κ3) is 10.9. The Morgan fingerprint density at radius 3 is 1.92 bits per heavy atom. The normalized spacial score (nSPS) is 12.9. The second kappa shape index (κ2) is 18.3. The molecule has 0 N–H and O–H groups in total. The Kier molecular flexibility index (Phi) is 16.2. The van der Waals surface area contributed by atoms with Crippen molar-refractivity contribution in [2.75, 3.05) is 32.9 Å². The van der Waals surface area contributed by atoms with Crippen molar-refractivity contribution < 1.29 is 27.9 Å². The molecule has 0 heterocycles. The van der Waals surface area contributed by atoms with Gasteiger partial charge in [0.25, 0.3) is 5.91 Å². The van der Waals surface area contributed by atoms with Crippen LogP contribution in [0, 0.1) is 0 Å². The van der Waals surface area contributed by atoms with Gasteiger partial charge >= 0.3 is 13.6 Å². The van der Waals surface area contributed by atoms with Gasteiger partial charge in [-0.2, -0.15) is 4.99 Å². The van der Waals surface area contributed by atoms with Crippen LogP contribution < -0.4 is 0 Å². The molecule has 8 nitrogen and oxygen atoms in total. The zero-order valence-corrected chi connectivity index (χ0v) is 23.6. The highest BCUT2D eigenvalue weighted by molar-refractivity contribution is 7.55. The van der Waals surface area contributed by atoms with Crippen molar-refractivity contribution in [2.24, 2.45) is 4.99 Å². The summed E-state index contributed by atoms with van der Waals surface area (Å²) in [4.78, 5) is 32.4. The molecule has 0 aliphatic heterocycles. The molecule has 204 valence electrons. The van der Waals surface area contributed by atoms with Crippen LogP contribution in [0.15, 0.2) is 35.3 Å². The number of carbonyl (C=O) groups is 2. The van der Waals surface area contributed by atoms with Crippen LogP contribution >= 0.6 is 7.60 Å². The third-order valence-electron chi connectivity index (χ3n) is 5.43. The van der Waals surface area contributed by atoms with E-state index in [1.165, 1.54) is 0 Å². The minimum Gasteiger partial charge on any atom is -0.466 e. The molecule has 0 aliphatic rings. The maximum Gasteiger partial charge on any atom is 0.341 e. The van der Waals surface area contributed by atoms with Crippen molar-refractivity contribution in [3.05, 3.63) is 35.9 Å². The van der Waals surface area contributed by atoms with Crippen LogP contribution in [-0.2, 0) is 23.1 Å². The van der Waals surface area contributed by atoms with E-state index in [0.29, 0.717) is 31.5 Å². The van der Waals surface area contributed by atoms with E-state index in [4.69, 9.17) is 13.8 Å². The first-order valence-electron chi connectivity index (χ1n) is 13.3. The summed E-state index contributed by atoms with van der Waals surface area (Å²) < 4.78 is 31.5. The third-order valence-corrected chi connectivity index (χ3v) is 7.69. The number of carbonyl (C=O) groups excluding carboxylic acids is 2. The summed E-state index contributed by atoms with van der Waals surface area (Å²) in [5, 5.41) is 0. The van der Waals surface area contributed by atoms with Crippen LogP contribution in [0.4, 0.5) is 0 Å². The minimum atomic E-state index is -3.90. The maximum absolute atomic E-state index is 14.4. The van der Waals surface area contributed by atoms with Crippen molar-refractivity contribution in [2.45, 2.75) is 85.2 Å². The number of amides is 1. The van der Waals surface area contributed by atoms with Gasteiger partial charge in [0, 0.05) is 18.7 Å². The number of esters is 1. The average Bonchev–Trinajstić information content (AvgIpc) is 2.87. The Balaban J connectivity index is 3.68. The molecule has 1 atom stereocenters. The van der Waals surface area contributed by atoms with Gasteiger partial charge in [-0.15, -0.1) is 0 Å². The van der Waals surface area contributed by atoms with E-state index in [2.05, 4.69) is 4.99 Å². The first-order chi connectivity index (χ1) is 17.4. The van der Waals surface area contributed by atoms with Crippen LogP contribution in [0.1, 0.15) is 89.9 Å². The number of aliphatic imine (C=N–C) groups is 1. The first kappa shape index (κ1) is 32.0. The summed E-state index contributed by atoms with van der Waals surface area (Å²) in [6, 6.07) is 8.72. The summed E-state index contributed by atoms with van der Waals surface area (Å²) in [6.07, 6.45) is 4.39. The van der Waals surface area contributed by atoms with Crippen molar-refractivity contribution >= 4 is 25.3 Å². The Hall–Kier alpha value is -2.02. The smallest absolute Gasteiger partial charge is 0.341 e. The van der Waals surface area contributed by atoms with Crippen molar-refractivity contribution in [1.29, 1.82) is 0 Å². The highest BCUT2D eigenvalue weighted by Gasteiger charge is 2.44. The molecule has 0 radical (unpaired) electrons. The number of hydrogen-bond donors (Lipinski definition) is 0. The van der Waals surface area contributed by atoms with E-state index in [1.807, 2.05) is 38.7 Å². The topological polar surface area (TPSA) is 94.5 Å². The molecule has 1 aromatic carbocycles. The molecule has 1 aromatic rings. The van der Waals surface area contributed by atoms with Gasteiger partial charge < -0.3 is 18.7 Å². The Labute approximate surface area is 217 Å². The summed E-state index contributed by atoms with van der Waals surface area (Å²) in [5.74, 6) is -0.740. The summed E-state index contributed by atoms with van der Waals surface area (Å²) in [5.41, 5.74) is -0.650. The summed E-state index contributed by atoms with van der Waals surface area (Å²) >= 11 is 0. The zero-order chi connectivity index (χ0) is 26.8. The Bertz CT molecular complexity index is 826. The van der Waals surface area contributed by atoms with E-state index in [1.54, 1.807) is 31.2 Å². The lowest BCUT2D eigenvalue weighted by Crippen LogP contribution is -2.42. The molecule has 0 aliphatic carbocycles. The first-order valence-corrected chi connectivity index (χ1v) is 14.9. The molecule has 36 heavy (non-hydrogen) atoms. The predicted molar refractivity (Wildman–Crippen MR) is 145 cm³/mol. The molecule has 0 fully saturated rings. The van der Waals surface area contributed by atoms with E-state index < -0.39 is 25.1 Å². The van der Waals surface area contributed by atoms with E-state index in [9.17, 15) is 14.2 Å². The van der Waals surface area contributed by atoms with E-state index in [0.717, 1.165) is 25.7 Å². The number of benzene rings is 1. The summed E-state index contributed by atoms with van der Waals surface area (Å²) in [6.45, 7) is 11.6. The van der Waals surface area contributed by atoms with Gasteiger partial charge in [0.1, 0.15) is 11.5 Å². The fourth-order valence-corrected chi connectivity index (χ4v) is 5.68. The van der Waals surface area contributed by atoms with Gasteiger partial charge in [0.2, 0.25) is 0 Å². The van der Waals surface area contributed by atoms with E-state index in [-0.39, 0.29) is 32.1 Å². The fraction of sp³-hybridized carbons (Fsp3) is 0.667. The van der Waals surface area contributed by atoms with Gasteiger partial charge in [0.05, 0.1) is 26.2 Å². The summed E-state index contributed by atoms with van der Waals surface area (Å²) in [7, 11) is -3.90. The van der Waals surface area contributed by atoms with Gasteiger partial charge in [-0.05, 0) is 44.7 Å². The van der Waals surface area contributed by atoms with Crippen molar-refractivity contribution in [3.63, 3.8) is 0 Å². The lowest BCUT2D eigenvalue weighted by molar-refractivity contribution is -0.143. The van der Waals surface area contributed by atoms with Gasteiger partial charge in [-0.25, -0.2) is 0 Å². The highest BCUT2D eigenvalue weighted by atomic mass is 31.2. The van der Waals surface area contributed by atoms with Crippen LogP contribution in [0.2, 0.25) is 0 Å². The molecule has 0 aromatic heterocycles. The quantitative estimate of drug-likeness (QED) is 0.0711. The molecule has 0 spiro atoms. The van der Waals surface area contributed by atoms with Gasteiger partial charge in [0.15, 0.2) is 0 Å². The highest BCUT2D eigenvalue weighted by Crippen LogP contribution is 2.55. The molecule has 1 rings (SSSR count). The lowest BCUT2D eigenvalue weighted by atomic mass is 10.2. The molecule has 0 bridgehead atoms. The zero-order valence-electron chi connectivity index (χ0n) is 22.7. The molecule has 1 unspecified atom stereocenters. The average molecular weight is 525 g/mol. The minimum absolute atomic E-state index is 0.187. The molecular formula is C27H45N2O6P. The molecule has 0 saturated heterocycles. The second-order valence-corrected chi connectivity index (χ2v) is 10.8. The number of rotatable bonds is 18. The largest absolute Gasteiger partial charge is 0.466 e. The number of ether oxygens (including phenoxy) is 1. The van der Waals surface area contributed by atoms with Crippen LogP contribution in [0.3, 0.4) is 0 Å². The van der Waals surface area contributed by atoms with Gasteiger partial charge in [-0.3, -0.25) is 14.2 Å². The molecule has 1 amide bonds. The maximum atomic E-state index is 14.4. The molecular weight excluding hydrogens is 479 g/mol. The van der Waals surface area contributed by atoms with Crippen molar-refractivity contribution in [1.82, 2.24) is 4.90 Å². The number of nitrogens with zero attached hydrogens (tertiary/aromatic N) is 2. The fourth-order valence-electron chi connectivity index (χ4n) is 3.60. The van der Waals surface area contributed by atoms with Crippen LogP contribution in [0.25, 0.3) is 0 Å². The van der Waals surface area contributed by atoms with E-state index >= 15 is 0 Å². The van der Waals surface area contributed by atoms with Crippen molar-refractivity contribution in [3.8, 4) is 0 Å². The lowest BCUT2D eigenvalue weighted by Gasteiger charge is -2.34. The van der Waals surface area contributed by atoms with Crippen LogP contribution in [0.5, 0.6) is 0 Å². The van der Waals surface area contributed by atoms with Crippen LogP contribution in [-0.4, -0.2) is 61.2 Å². The number of unbranched alkanes of at least 4 members (excludes halogenated alkanes) is 2. The standard InChI is InChI=1S/C27H45N2O6P/c1-6-11-20-34-36(32,35-21-12-7-2)24(22-25(30)33-10-5)26(29(18-8-3)19-9-4)28-27(31)23-16-14-13-15-17-23/h13-17,24H,6-12,18-22H2,1-5H3. The number of hydrogen-bond acceptors (Lipinski definition) is 6. The number of amidine groups is 1. The molecule has 9 heteroatoms. The Morgan fingerprint density at radius 1 is 0.889 bits per heavy atom. The predicted octanol–water partition coefficient (Wildman–Crippen LogP) is 6.50. The van der Waals surface area contributed by atoms with Gasteiger partial charge in [-0.1, -0.05) is 58.7 Å². The second-order valence-electron chi connectivity index (χ2n) is 8.57. The SMILES string of the molecule is CCCCOP(=O)(OCCCC)C(CC(=O)OCC)C(=NC(=O)c1ccccc1)N(CCC)CCC. The Morgan fingerprint density at radius 2 is 1.44 bits per heavy atom. The monoisotopic (exact) mass is 524 g/mol. The molecule has 0 saturated carbocycles.